The molecule has 2 rings (SSSR count). The fourth-order valence-corrected chi connectivity index (χ4v) is 1.95. The van der Waals surface area contributed by atoms with Gasteiger partial charge in [0.1, 0.15) is 0 Å². The summed E-state index contributed by atoms with van der Waals surface area (Å²) in [6.45, 7) is 2.00. The van der Waals surface area contributed by atoms with Crippen molar-refractivity contribution in [2.24, 2.45) is 0 Å². The predicted octanol–water partition coefficient (Wildman–Crippen LogP) is 1.44. The maximum absolute atomic E-state index is 12.0. The Morgan fingerprint density at radius 1 is 1.17 bits per heavy atom. The van der Waals surface area contributed by atoms with Crippen LogP contribution in [0.5, 0.6) is 0 Å². The van der Waals surface area contributed by atoms with Gasteiger partial charge >= 0.3 is 11.7 Å². The predicted molar refractivity (Wildman–Crippen MR) is 83.3 cm³/mol. The topological polar surface area (TPSA) is 73.5 Å². The number of likely N-dealkylation sites (N-methyl/N-ethyl adjacent to an activating group) is 1. The molecule has 1 amide bonds. The number of rotatable bonds is 5. The molecule has 0 bridgehead atoms. The fraction of sp³-hybridized carbons (Fsp3) is 0.235. The lowest BCUT2D eigenvalue weighted by Gasteiger charge is -2.17. The van der Waals surface area contributed by atoms with Gasteiger partial charge in [-0.3, -0.25) is 4.79 Å². The van der Waals surface area contributed by atoms with Crippen LogP contribution in [0.2, 0.25) is 0 Å². The highest BCUT2D eigenvalue weighted by molar-refractivity contribution is 5.88. The first-order valence-electron chi connectivity index (χ1n) is 7.12. The van der Waals surface area contributed by atoms with Gasteiger partial charge in [0.05, 0.1) is 0 Å². The summed E-state index contributed by atoms with van der Waals surface area (Å²) >= 11 is 0. The van der Waals surface area contributed by atoms with Crippen LogP contribution in [0.1, 0.15) is 21.6 Å². The van der Waals surface area contributed by atoms with Crippen LogP contribution in [0, 0.1) is 12.1 Å². The van der Waals surface area contributed by atoms with E-state index in [0.717, 1.165) is 11.1 Å². The fourth-order valence-electron chi connectivity index (χ4n) is 1.95. The van der Waals surface area contributed by atoms with Crippen LogP contribution in [-0.4, -0.2) is 30.4 Å². The third-order valence-electron chi connectivity index (χ3n) is 3.33. The standard InChI is InChI=1S/C17H18N2O4/c1-13-6-8-14(9-7-13)11-18(2)16(20)12-23-17(21)15-5-3-4-10-19(15)22/h3-10H,11-12H2,1-2H3. The minimum atomic E-state index is -0.822. The number of carbonyl (C=O) groups is 2. The zero-order chi connectivity index (χ0) is 16.8. The van der Waals surface area contributed by atoms with Crippen molar-refractivity contribution in [1.29, 1.82) is 0 Å². The van der Waals surface area contributed by atoms with Crippen molar-refractivity contribution < 1.29 is 19.1 Å². The number of amides is 1. The normalized spacial score (nSPS) is 10.2. The number of aromatic nitrogens is 1. The van der Waals surface area contributed by atoms with E-state index in [1.165, 1.54) is 23.2 Å². The molecule has 23 heavy (non-hydrogen) atoms. The molecule has 0 atom stereocenters. The highest BCUT2D eigenvalue weighted by Crippen LogP contribution is 2.06. The Hall–Kier alpha value is -2.89. The summed E-state index contributed by atoms with van der Waals surface area (Å²) in [6.07, 6.45) is 1.20. The highest BCUT2D eigenvalue weighted by Gasteiger charge is 2.19. The summed E-state index contributed by atoms with van der Waals surface area (Å²) in [7, 11) is 1.63. The van der Waals surface area contributed by atoms with Crippen LogP contribution in [0.15, 0.2) is 48.7 Å². The van der Waals surface area contributed by atoms with Crippen molar-refractivity contribution in [2.45, 2.75) is 13.5 Å². The highest BCUT2D eigenvalue weighted by atomic mass is 16.5. The van der Waals surface area contributed by atoms with E-state index in [1.54, 1.807) is 13.1 Å². The number of aryl methyl sites for hydroxylation is 1. The van der Waals surface area contributed by atoms with Crippen LogP contribution < -0.4 is 4.73 Å². The molecule has 0 aliphatic heterocycles. The summed E-state index contributed by atoms with van der Waals surface area (Å²) < 4.78 is 5.30. The molecule has 6 nitrogen and oxygen atoms in total. The van der Waals surface area contributed by atoms with Crippen molar-refractivity contribution >= 4 is 11.9 Å². The van der Waals surface area contributed by atoms with Gasteiger partial charge in [-0.15, -0.1) is 0 Å². The lowest BCUT2D eigenvalue weighted by Crippen LogP contribution is -2.36. The SMILES string of the molecule is Cc1ccc(CN(C)C(=O)COC(=O)c2cccc[n+]2[O-])cc1. The third-order valence-corrected chi connectivity index (χ3v) is 3.33. The van der Waals surface area contributed by atoms with E-state index < -0.39 is 12.6 Å². The van der Waals surface area contributed by atoms with Crippen molar-refractivity contribution in [3.63, 3.8) is 0 Å². The quantitative estimate of drug-likeness (QED) is 0.475. The molecule has 1 heterocycles. The van der Waals surface area contributed by atoms with E-state index in [1.807, 2.05) is 31.2 Å². The Kier molecular flexibility index (Phi) is 5.30. The molecule has 1 aromatic heterocycles. The molecular formula is C17H18N2O4. The van der Waals surface area contributed by atoms with E-state index >= 15 is 0 Å². The Balaban J connectivity index is 1.87. The van der Waals surface area contributed by atoms with E-state index in [2.05, 4.69) is 0 Å². The summed E-state index contributed by atoms with van der Waals surface area (Å²) in [5, 5.41) is 11.4. The lowest BCUT2D eigenvalue weighted by molar-refractivity contribution is -0.608. The maximum atomic E-state index is 12.0. The smallest absolute Gasteiger partial charge is 0.405 e. The number of hydrogen-bond donors (Lipinski definition) is 0. The Bertz CT molecular complexity index is 698. The van der Waals surface area contributed by atoms with Crippen LogP contribution in [0.4, 0.5) is 0 Å². The van der Waals surface area contributed by atoms with Gasteiger partial charge in [0.2, 0.25) is 0 Å². The molecule has 0 spiro atoms. The van der Waals surface area contributed by atoms with E-state index in [0.29, 0.717) is 11.3 Å². The van der Waals surface area contributed by atoms with Gasteiger partial charge in [0, 0.05) is 25.7 Å². The molecular weight excluding hydrogens is 296 g/mol. The van der Waals surface area contributed by atoms with E-state index in [-0.39, 0.29) is 11.6 Å². The van der Waals surface area contributed by atoms with Crippen LogP contribution in [0.25, 0.3) is 0 Å². The molecule has 0 saturated carbocycles. The second-order valence-electron chi connectivity index (χ2n) is 5.22. The van der Waals surface area contributed by atoms with Crippen LogP contribution >= 0.6 is 0 Å². The number of carbonyl (C=O) groups excluding carboxylic acids is 2. The average molecular weight is 314 g/mol. The van der Waals surface area contributed by atoms with Gasteiger partial charge in [0.15, 0.2) is 12.8 Å². The number of hydrogen-bond acceptors (Lipinski definition) is 4. The number of nitrogens with zero attached hydrogens (tertiary/aromatic N) is 2. The summed E-state index contributed by atoms with van der Waals surface area (Å²) in [6, 6.07) is 12.2. The molecule has 0 fully saturated rings. The van der Waals surface area contributed by atoms with Crippen LogP contribution in [0.3, 0.4) is 0 Å². The summed E-state index contributed by atoms with van der Waals surface area (Å²) in [4.78, 5) is 25.2. The van der Waals surface area contributed by atoms with Gasteiger partial charge in [-0.1, -0.05) is 29.8 Å². The van der Waals surface area contributed by atoms with Gasteiger partial charge in [-0.2, -0.15) is 4.73 Å². The molecule has 0 aliphatic carbocycles. The molecule has 2 aromatic rings. The monoisotopic (exact) mass is 314 g/mol. The Labute approximate surface area is 134 Å². The molecule has 0 saturated heterocycles. The van der Waals surface area contributed by atoms with Crippen LogP contribution in [-0.2, 0) is 16.1 Å². The minimum absolute atomic E-state index is 0.151. The number of esters is 1. The zero-order valence-electron chi connectivity index (χ0n) is 13.1. The van der Waals surface area contributed by atoms with Gasteiger partial charge in [0.25, 0.3) is 5.91 Å². The van der Waals surface area contributed by atoms with Gasteiger partial charge in [-0.05, 0) is 18.6 Å². The second-order valence-corrected chi connectivity index (χ2v) is 5.22. The number of pyridine rings is 1. The van der Waals surface area contributed by atoms with Gasteiger partial charge < -0.3 is 14.8 Å². The summed E-state index contributed by atoms with van der Waals surface area (Å²) in [5.41, 5.74) is 1.98. The molecule has 1 aromatic carbocycles. The summed E-state index contributed by atoms with van der Waals surface area (Å²) in [5.74, 6) is -1.16. The van der Waals surface area contributed by atoms with Crippen molar-refractivity contribution in [2.75, 3.05) is 13.7 Å². The van der Waals surface area contributed by atoms with Gasteiger partial charge in [-0.25, -0.2) is 4.79 Å². The molecule has 0 aliphatic rings. The molecule has 0 N–H and O–H groups in total. The molecule has 120 valence electrons. The number of ether oxygens (including phenoxy) is 1. The lowest BCUT2D eigenvalue weighted by atomic mass is 10.1. The van der Waals surface area contributed by atoms with E-state index in [4.69, 9.17) is 4.74 Å². The third kappa shape index (κ3) is 4.54. The maximum Gasteiger partial charge on any atom is 0.405 e. The first-order chi connectivity index (χ1) is 11.0. The molecule has 6 heteroatoms. The molecule has 0 unspecified atom stereocenters. The first kappa shape index (κ1) is 16.5. The second kappa shape index (κ2) is 7.40. The molecule has 0 radical (unpaired) electrons. The van der Waals surface area contributed by atoms with Crippen molar-refractivity contribution in [1.82, 2.24) is 4.90 Å². The Morgan fingerprint density at radius 3 is 2.52 bits per heavy atom. The van der Waals surface area contributed by atoms with Crippen molar-refractivity contribution in [3.8, 4) is 0 Å². The van der Waals surface area contributed by atoms with E-state index in [9.17, 15) is 14.8 Å². The Morgan fingerprint density at radius 2 is 1.87 bits per heavy atom. The minimum Gasteiger partial charge on any atom is -0.618 e. The largest absolute Gasteiger partial charge is 0.618 e. The average Bonchev–Trinajstić information content (AvgIpc) is 2.54. The number of benzene rings is 1. The van der Waals surface area contributed by atoms with Crippen molar-refractivity contribution in [3.05, 3.63) is 70.7 Å². The zero-order valence-corrected chi connectivity index (χ0v) is 13.1. The first-order valence-corrected chi connectivity index (χ1v) is 7.12.